The Bertz CT molecular complexity index is 330. The Labute approximate surface area is 100 Å². The first-order chi connectivity index (χ1) is 8.02. The molecule has 1 saturated heterocycles. The van der Waals surface area contributed by atoms with E-state index in [0.29, 0.717) is 25.7 Å². The first-order valence-corrected chi connectivity index (χ1v) is 6.10. The van der Waals surface area contributed by atoms with Crippen LogP contribution in [0.3, 0.4) is 0 Å². The van der Waals surface area contributed by atoms with Crippen molar-refractivity contribution in [3.63, 3.8) is 0 Å². The minimum Gasteiger partial charge on any atom is -0.372 e. The highest BCUT2D eigenvalue weighted by molar-refractivity contribution is 7.21. The molecule has 0 unspecified atom stereocenters. The van der Waals surface area contributed by atoms with E-state index < -0.39 is 13.0 Å². The molecule has 1 spiro atoms. The topological polar surface area (TPSA) is 50.4 Å². The first-order valence-electron chi connectivity index (χ1n) is 5.60. The fraction of sp³-hybridized carbons (Fsp3) is 0.800. The van der Waals surface area contributed by atoms with Gasteiger partial charge in [-0.2, -0.15) is 0 Å². The summed E-state index contributed by atoms with van der Waals surface area (Å²) < 4.78 is 29.1. The van der Waals surface area contributed by atoms with Crippen molar-refractivity contribution < 1.29 is 18.3 Å². The molecule has 0 aromatic rings. The number of nitrogens with one attached hydrogen (secondary N) is 2. The number of carbonyl (C=O) groups excluding carboxylic acids is 1. The summed E-state index contributed by atoms with van der Waals surface area (Å²) in [5.41, 5.74) is 0.355. The third-order valence-corrected chi connectivity index (χ3v) is 3.92. The molecule has 2 N–H and O–H groups in total. The van der Waals surface area contributed by atoms with Gasteiger partial charge in [-0.3, -0.25) is 0 Å². The van der Waals surface area contributed by atoms with E-state index in [0.717, 1.165) is 5.42 Å². The SMILES string of the molecule is O=C1NC(=P)C2(CCC(OCC(F)F)CC2)N1. The van der Waals surface area contributed by atoms with Gasteiger partial charge in [0.25, 0.3) is 6.43 Å². The lowest BCUT2D eigenvalue weighted by atomic mass is 9.81. The molecule has 1 aliphatic heterocycles. The second kappa shape index (κ2) is 4.86. The molecule has 1 aliphatic carbocycles. The molecule has 4 nitrogen and oxygen atoms in total. The number of ether oxygens (including phenoxy) is 1. The first kappa shape index (κ1) is 12.7. The molecular formula is C10H15F2N2O2P. The fourth-order valence-corrected chi connectivity index (χ4v) is 2.80. The molecule has 2 aliphatic rings. The smallest absolute Gasteiger partial charge is 0.320 e. The molecule has 0 atom stereocenters. The van der Waals surface area contributed by atoms with Crippen molar-refractivity contribution in [1.82, 2.24) is 10.6 Å². The second-order valence-corrected chi connectivity index (χ2v) is 4.96. The minimum absolute atomic E-state index is 0.133. The van der Waals surface area contributed by atoms with E-state index in [4.69, 9.17) is 4.74 Å². The summed E-state index contributed by atoms with van der Waals surface area (Å²) in [6, 6.07) is -0.220. The molecule has 1 saturated carbocycles. The Hall–Kier alpha value is -0.740. The Morgan fingerprint density at radius 3 is 2.59 bits per heavy atom. The van der Waals surface area contributed by atoms with Gasteiger partial charge >= 0.3 is 6.03 Å². The number of alkyl halides is 2. The van der Waals surface area contributed by atoms with Crippen LogP contribution in [0.1, 0.15) is 25.7 Å². The highest BCUT2D eigenvalue weighted by atomic mass is 31.0. The monoisotopic (exact) mass is 264 g/mol. The maximum absolute atomic E-state index is 12.0. The molecule has 1 heterocycles. The van der Waals surface area contributed by atoms with Crippen molar-refractivity contribution in [3.8, 4) is 0 Å². The van der Waals surface area contributed by atoms with Crippen LogP contribution in [0.2, 0.25) is 0 Å². The van der Waals surface area contributed by atoms with Crippen LogP contribution in [0.4, 0.5) is 13.6 Å². The predicted molar refractivity (Wildman–Crippen MR) is 61.9 cm³/mol. The van der Waals surface area contributed by atoms with E-state index >= 15 is 0 Å². The van der Waals surface area contributed by atoms with Crippen molar-refractivity contribution in [2.24, 2.45) is 0 Å². The normalized spacial score (nSPS) is 33.0. The average molecular weight is 264 g/mol. The number of urea groups is 1. The van der Waals surface area contributed by atoms with Crippen LogP contribution in [0, 0.1) is 0 Å². The van der Waals surface area contributed by atoms with Gasteiger partial charge in [0.2, 0.25) is 0 Å². The van der Waals surface area contributed by atoms with Crippen molar-refractivity contribution in [2.75, 3.05) is 6.61 Å². The van der Waals surface area contributed by atoms with Gasteiger partial charge in [0.05, 0.1) is 17.1 Å². The zero-order valence-electron chi connectivity index (χ0n) is 9.26. The third-order valence-electron chi connectivity index (χ3n) is 3.31. The molecule has 0 aromatic carbocycles. The Morgan fingerprint density at radius 2 is 2.12 bits per heavy atom. The quantitative estimate of drug-likeness (QED) is 0.760. The Balaban J connectivity index is 1.85. The van der Waals surface area contributed by atoms with Crippen LogP contribution in [0.15, 0.2) is 0 Å². The van der Waals surface area contributed by atoms with Crippen LogP contribution in [0.25, 0.3) is 0 Å². The van der Waals surface area contributed by atoms with Crippen LogP contribution >= 0.6 is 8.86 Å². The van der Waals surface area contributed by atoms with Crippen LogP contribution in [-0.2, 0) is 4.74 Å². The molecule has 0 radical (unpaired) electrons. The summed E-state index contributed by atoms with van der Waals surface area (Å²) in [4.78, 5) is 11.2. The molecule has 7 heteroatoms. The molecule has 2 rings (SSSR count). The Morgan fingerprint density at radius 1 is 1.47 bits per heavy atom. The molecule has 0 bridgehead atoms. The van der Waals surface area contributed by atoms with Crippen molar-refractivity contribution >= 4 is 20.3 Å². The van der Waals surface area contributed by atoms with Gasteiger partial charge in [-0.15, -0.1) is 0 Å². The number of hydrogen-bond donors (Lipinski definition) is 2. The van der Waals surface area contributed by atoms with Crippen LogP contribution in [0.5, 0.6) is 0 Å². The highest BCUT2D eigenvalue weighted by Crippen LogP contribution is 2.33. The number of halogens is 2. The molecule has 0 aromatic heterocycles. The fourth-order valence-electron chi connectivity index (χ4n) is 2.38. The summed E-state index contributed by atoms with van der Waals surface area (Å²) in [7, 11) is 3.39. The van der Waals surface area contributed by atoms with Gasteiger partial charge < -0.3 is 15.4 Å². The molecular weight excluding hydrogens is 249 g/mol. The molecule has 96 valence electrons. The van der Waals surface area contributed by atoms with Crippen molar-refractivity contribution in [2.45, 2.75) is 43.8 Å². The van der Waals surface area contributed by atoms with E-state index in [2.05, 4.69) is 19.5 Å². The summed E-state index contributed by atoms with van der Waals surface area (Å²) >= 11 is 0. The van der Waals surface area contributed by atoms with E-state index in [1.807, 2.05) is 0 Å². The average Bonchev–Trinajstić information content (AvgIpc) is 2.53. The van der Waals surface area contributed by atoms with Gasteiger partial charge in [-0.05, 0) is 25.7 Å². The number of rotatable bonds is 3. The largest absolute Gasteiger partial charge is 0.372 e. The van der Waals surface area contributed by atoms with Gasteiger partial charge in [-0.1, -0.05) is 8.86 Å². The summed E-state index contributed by atoms with van der Waals surface area (Å²) in [6.45, 7) is -0.507. The zero-order chi connectivity index (χ0) is 12.5. The minimum atomic E-state index is -2.42. The van der Waals surface area contributed by atoms with Crippen molar-refractivity contribution in [3.05, 3.63) is 0 Å². The third kappa shape index (κ3) is 2.75. The van der Waals surface area contributed by atoms with E-state index in [1.54, 1.807) is 0 Å². The highest BCUT2D eigenvalue weighted by Gasteiger charge is 2.44. The van der Waals surface area contributed by atoms with E-state index in [1.165, 1.54) is 0 Å². The second-order valence-electron chi connectivity index (χ2n) is 4.46. The van der Waals surface area contributed by atoms with Crippen LogP contribution < -0.4 is 10.6 Å². The summed E-state index contributed by atoms with van der Waals surface area (Å²) in [5, 5.41) is 5.53. The number of hydrogen-bond acceptors (Lipinski definition) is 2. The van der Waals surface area contributed by atoms with E-state index in [-0.39, 0.29) is 17.7 Å². The summed E-state index contributed by atoms with van der Waals surface area (Å²) in [5.74, 6) is 0. The number of amides is 2. The standard InChI is InChI=1S/C10H15F2N2O2P/c11-7(12)5-16-6-1-3-10(4-2-6)8(17)13-9(15)14-10/h6-7,17H,1-5H2,(H2,13,14,15). The van der Waals surface area contributed by atoms with Gasteiger partial charge in [0.1, 0.15) is 6.61 Å². The Kier molecular flexibility index (Phi) is 3.64. The lowest BCUT2D eigenvalue weighted by Crippen LogP contribution is -2.49. The van der Waals surface area contributed by atoms with Crippen LogP contribution in [-0.4, -0.2) is 36.1 Å². The maximum atomic E-state index is 12.0. The maximum Gasteiger partial charge on any atom is 0.320 e. The van der Waals surface area contributed by atoms with Gasteiger partial charge in [-0.25, -0.2) is 13.6 Å². The lowest BCUT2D eigenvalue weighted by molar-refractivity contribution is -0.0410. The molecule has 17 heavy (non-hydrogen) atoms. The zero-order valence-corrected chi connectivity index (χ0v) is 10.3. The van der Waals surface area contributed by atoms with Gasteiger partial charge in [0, 0.05) is 0 Å². The van der Waals surface area contributed by atoms with Crippen molar-refractivity contribution in [1.29, 1.82) is 0 Å². The lowest BCUT2D eigenvalue weighted by Gasteiger charge is -2.36. The molecule has 2 fully saturated rings. The van der Waals surface area contributed by atoms with E-state index in [9.17, 15) is 13.6 Å². The summed E-state index contributed by atoms with van der Waals surface area (Å²) in [6.07, 6.45) is 0.172. The van der Waals surface area contributed by atoms with Gasteiger partial charge in [0.15, 0.2) is 0 Å². The number of carbonyl (C=O) groups is 1. The predicted octanol–water partition coefficient (Wildman–Crippen LogP) is 1.54. The molecule has 2 amide bonds.